The van der Waals surface area contributed by atoms with Crippen LogP contribution in [-0.4, -0.2) is 23.6 Å². The molecule has 1 heterocycles. The van der Waals surface area contributed by atoms with Gasteiger partial charge in [-0.3, -0.25) is 0 Å². The van der Waals surface area contributed by atoms with Gasteiger partial charge in [-0.05, 0) is 36.2 Å². The topological polar surface area (TPSA) is 23.5 Å². The van der Waals surface area contributed by atoms with E-state index in [4.69, 9.17) is 5.11 Å². The predicted octanol–water partition coefficient (Wildman–Crippen LogP) is 2.07. The number of phenols is 1. The highest BCUT2D eigenvalue weighted by atomic mass is 16.3. The second kappa shape index (κ2) is 3.13. The van der Waals surface area contributed by atoms with Gasteiger partial charge in [0.05, 0.1) is 0 Å². The van der Waals surface area contributed by atoms with Gasteiger partial charge in [-0.1, -0.05) is 6.08 Å². The summed E-state index contributed by atoms with van der Waals surface area (Å²) in [6, 6.07) is 7.34. The van der Waals surface area contributed by atoms with Crippen molar-refractivity contribution < 1.29 is 5.11 Å². The lowest BCUT2D eigenvalue weighted by Gasteiger charge is -2.16. The third-order valence-electron chi connectivity index (χ3n) is 2.38. The minimum atomic E-state index is 0.324. The lowest BCUT2D eigenvalue weighted by atomic mass is 10.1. The molecule has 1 aliphatic rings. The SMILES string of the molecule is CN1CCC=C1c1ccc(O)cc1. The van der Waals surface area contributed by atoms with Crippen LogP contribution in [0.15, 0.2) is 30.3 Å². The van der Waals surface area contributed by atoms with Crippen LogP contribution in [0, 0.1) is 0 Å². The smallest absolute Gasteiger partial charge is 0.115 e. The highest BCUT2D eigenvalue weighted by molar-refractivity contribution is 5.65. The van der Waals surface area contributed by atoms with Crippen molar-refractivity contribution in [2.24, 2.45) is 0 Å². The van der Waals surface area contributed by atoms with Gasteiger partial charge in [0.15, 0.2) is 0 Å². The van der Waals surface area contributed by atoms with Crippen molar-refractivity contribution in [2.75, 3.05) is 13.6 Å². The summed E-state index contributed by atoms with van der Waals surface area (Å²) >= 11 is 0. The van der Waals surface area contributed by atoms with Gasteiger partial charge in [-0.25, -0.2) is 0 Å². The molecule has 2 nitrogen and oxygen atoms in total. The summed E-state index contributed by atoms with van der Waals surface area (Å²) in [5, 5.41) is 9.13. The fourth-order valence-electron chi connectivity index (χ4n) is 1.64. The normalized spacial score (nSPS) is 16.1. The zero-order valence-electron chi connectivity index (χ0n) is 7.70. The highest BCUT2D eigenvalue weighted by Crippen LogP contribution is 2.24. The van der Waals surface area contributed by atoms with Crippen molar-refractivity contribution in [3.05, 3.63) is 35.9 Å². The van der Waals surface area contributed by atoms with Crippen LogP contribution in [0.2, 0.25) is 0 Å². The number of hydrogen-bond donors (Lipinski definition) is 1. The Morgan fingerprint density at radius 1 is 1.23 bits per heavy atom. The van der Waals surface area contributed by atoms with Gasteiger partial charge in [-0.2, -0.15) is 0 Å². The van der Waals surface area contributed by atoms with E-state index in [9.17, 15) is 0 Å². The number of hydrogen-bond acceptors (Lipinski definition) is 2. The standard InChI is InChI=1S/C11H13NO/c1-12-8-2-3-11(12)9-4-6-10(13)7-5-9/h3-7,13H,2,8H2,1H3. The molecule has 0 aliphatic carbocycles. The van der Waals surface area contributed by atoms with Gasteiger partial charge >= 0.3 is 0 Å². The first kappa shape index (κ1) is 8.17. The van der Waals surface area contributed by atoms with Crippen LogP contribution in [0.25, 0.3) is 5.70 Å². The molecule has 0 aromatic heterocycles. The minimum Gasteiger partial charge on any atom is -0.508 e. The molecule has 1 aromatic carbocycles. The van der Waals surface area contributed by atoms with E-state index in [-0.39, 0.29) is 0 Å². The molecule has 2 heteroatoms. The first-order valence-electron chi connectivity index (χ1n) is 4.48. The minimum absolute atomic E-state index is 0.324. The molecule has 2 rings (SSSR count). The van der Waals surface area contributed by atoms with Crippen molar-refractivity contribution in [3.63, 3.8) is 0 Å². The first-order chi connectivity index (χ1) is 6.27. The molecular formula is C11H13NO. The zero-order chi connectivity index (χ0) is 9.26. The molecule has 1 N–H and O–H groups in total. The van der Waals surface area contributed by atoms with Crippen LogP contribution in [0.4, 0.5) is 0 Å². The summed E-state index contributed by atoms with van der Waals surface area (Å²) in [5.41, 5.74) is 2.44. The molecule has 0 unspecified atom stereocenters. The van der Waals surface area contributed by atoms with Crippen molar-refractivity contribution in [1.82, 2.24) is 4.90 Å². The summed E-state index contributed by atoms with van der Waals surface area (Å²) in [6.45, 7) is 1.09. The third-order valence-corrected chi connectivity index (χ3v) is 2.38. The molecule has 1 aromatic rings. The third kappa shape index (κ3) is 1.52. The highest BCUT2D eigenvalue weighted by Gasteiger charge is 2.11. The molecule has 1 aliphatic heterocycles. The molecule has 0 spiro atoms. The Labute approximate surface area is 78.1 Å². The molecule has 0 bridgehead atoms. The average Bonchev–Trinajstić information content (AvgIpc) is 2.53. The van der Waals surface area contributed by atoms with Crippen LogP contribution >= 0.6 is 0 Å². The van der Waals surface area contributed by atoms with Gasteiger partial charge in [0.2, 0.25) is 0 Å². The van der Waals surface area contributed by atoms with Gasteiger partial charge in [0.1, 0.15) is 5.75 Å². The van der Waals surface area contributed by atoms with E-state index in [1.54, 1.807) is 12.1 Å². The number of rotatable bonds is 1. The average molecular weight is 175 g/mol. The van der Waals surface area contributed by atoms with Crippen molar-refractivity contribution in [1.29, 1.82) is 0 Å². The van der Waals surface area contributed by atoms with Crippen LogP contribution < -0.4 is 0 Å². The van der Waals surface area contributed by atoms with Crippen LogP contribution in [-0.2, 0) is 0 Å². The largest absolute Gasteiger partial charge is 0.508 e. The Morgan fingerprint density at radius 2 is 1.92 bits per heavy atom. The second-order valence-corrected chi connectivity index (χ2v) is 3.35. The molecule has 68 valence electrons. The Balaban J connectivity index is 2.30. The van der Waals surface area contributed by atoms with Gasteiger partial charge in [0, 0.05) is 19.3 Å². The summed E-state index contributed by atoms with van der Waals surface area (Å²) in [5.74, 6) is 0.324. The van der Waals surface area contributed by atoms with E-state index in [1.165, 1.54) is 11.3 Å². The molecule has 13 heavy (non-hydrogen) atoms. The van der Waals surface area contributed by atoms with Crippen LogP contribution in [0.3, 0.4) is 0 Å². The van der Waals surface area contributed by atoms with Gasteiger partial charge in [0.25, 0.3) is 0 Å². The van der Waals surface area contributed by atoms with E-state index >= 15 is 0 Å². The first-order valence-corrected chi connectivity index (χ1v) is 4.48. The molecule has 0 radical (unpaired) electrons. The number of benzene rings is 1. The number of phenolic OH excluding ortho intramolecular Hbond substituents is 1. The quantitative estimate of drug-likeness (QED) is 0.706. The Kier molecular flexibility index (Phi) is 1.97. The maximum atomic E-state index is 9.13. The van der Waals surface area contributed by atoms with E-state index < -0.39 is 0 Å². The van der Waals surface area contributed by atoms with Crippen LogP contribution in [0.1, 0.15) is 12.0 Å². The molecule has 0 fully saturated rings. The van der Waals surface area contributed by atoms with Crippen molar-refractivity contribution >= 4 is 5.70 Å². The number of aromatic hydroxyl groups is 1. The second-order valence-electron chi connectivity index (χ2n) is 3.35. The lowest BCUT2D eigenvalue weighted by Crippen LogP contribution is -2.11. The molecule has 0 amide bonds. The van der Waals surface area contributed by atoms with E-state index in [0.717, 1.165) is 13.0 Å². The zero-order valence-corrected chi connectivity index (χ0v) is 7.70. The Bertz CT molecular complexity index is 326. The molecule has 0 saturated carbocycles. The van der Waals surface area contributed by atoms with Gasteiger partial charge < -0.3 is 10.0 Å². The summed E-state index contributed by atoms with van der Waals surface area (Å²) in [4.78, 5) is 2.23. The van der Waals surface area contributed by atoms with Crippen LogP contribution in [0.5, 0.6) is 5.75 Å². The van der Waals surface area contributed by atoms with E-state index in [1.807, 2.05) is 12.1 Å². The fourth-order valence-corrected chi connectivity index (χ4v) is 1.64. The molecular weight excluding hydrogens is 162 g/mol. The predicted molar refractivity (Wildman–Crippen MR) is 53.3 cm³/mol. The van der Waals surface area contributed by atoms with Crippen molar-refractivity contribution in [2.45, 2.75) is 6.42 Å². The Hall–Kier alpha value is -1.44. The molecule has 0 atom stereocenters. The van der Waals surface area contributed by atoms with Crippen molar-refractivity contribution in [3.8, 4) is 5.75 Å². The summed E-state index contributed by atoms with van der Waals surface area (Å²) in [6.07, 6.45) is 3.35. The summed E-state index contributed by atoms with van der Waals surface area (Å²) < 4.78 is 0. The van der Waals surface area contributed by atoms with E-state index in [0.29, 0.717) is 5.75 Å². The maximum Gasteiger partial charge on any atom is 0.115 e. The Morgan fingerprint density at radius 3 is 2.46 bits per heavy atom. The summed E-state index contributed by atoms with van der Waals surface area (Å²) in [7, 11) is 2.09. The monoisotopic (exact) mass is 175 g/mol. The number of nitrogens with zero attached hydrogens (tertiary/aromatic N) is 1. The maximum absolute atomic E-state index is 9.13. The van der Waals surface area contributed by atoms with E-state index in [2.05, 4.69) is 18.0 Å². The molecule has 0 saturated heterocycles. The lowest BCUT2D eigenvalue weighted by molar-refractivity contribution is 0.475. The fraction of sp³-hybridized carbons (Fsp3) is 0.273. The van der Waals surface area contributed by atoms with Gasteiger partial charge in [-0.15, -0.1) is 0 Å².